The van der Waals surface area contributed by atoms with E-state index in [4.69, 9.17) is 18.5 Å². The number of phosphoric acid groups is 1. The molecule has 9 nitrogen and oxygen atoms in total. The highest BCUT2D eigenvalue weighted by molar-refractivity contribution is 7.47. The van der Waals surface area contributed by atoms with E-state index in [1.807, 2.05) is 21.1 Å². The maximum Gasteiger partial charge on any atom is 0.472 e. The minimum absolute atomic E-state index is 0.0273. The van der Waals surface area contributed by atoms with Crippen molar-refractivity contribution in [2.24, 2.45) is 0 Å². The van der Waals surface area contributed by atoms with Crippen molar-refractivity contribution < 1.29 is 42.1 Å². The standard InChI is InChI=1S/C79H142NO8P/c1-6-8-10-12-14-16-18-20-22-24-26-28-30-32-34-36-38-40-42-44-46-48-50-52-54-56-58-60-62-64-66-68-70-72-79(82)88-77(76-87-89(83,84)86-74-73-80(3,4)5)75-85-78(81)71-69-67-65-63-61-59-57-55-53-51-49-47-45-43-41-39-37-35-33-31-29-27-25-23-21-19-17-15-13-11-9-7-2/h8,10,14,16,20,22,26,28,32,34,38,40,44,46,50,52,77H,6-7,9,11-13,15,17-19,21,23-25,27,29-31,33,35-37,39,41-43,45,47-49,51,53-76H2,1-5H3/p+1/b10-8-,16-14-,22-20-,28-26-,34-32-,40-38-,46-44-,52-50-. The van der Waals surface area contributed by atoms with Gasteiger partial charge in [-0.1, -0.05) is 349 Å². The van der Waals surface area contributed by atoms with Crippen LogP contribution in [0.4, 0.5) is 0 Å². The number of carbonyl (C=O) groups is 2. The lowest BCUT2D eigenvalue weighted by Gasteiger charge is -2.24. The van der Waals surface area contributed by atoms with E-state index in [2.05, 4.69) is 111 Å². The van der Waals surface area contributed by atoms with Crippen LogP contribution in [0.2, 0.25) is 0 Å². The van der Waals surface area contributed by atoms with Crippen molar-refractivity contribution in [1.29, 1.82) is 0 Å². The molecule has 10 heteroatoms. The van der Waals surface area contributed by atoms with Gasteiger partial charge < -0.3 is 18.9 Å². The molecule has 0 aliphatic heterocycles. The number of allylic oxidation sites excluding steroid dienone is 16. The molecule has 0 amide bonds. The molecule has 0 saturated carbocycles. The lowest BCUT2D eigenvalue weighted by Crippen LogP contribution is -2.37. The average molecular weight is 1270 g/mol. The second kappa shape index (κ2) is 69.3. The summed E-state index contributed by atoms with van der Waals surface area (Å²) in [7, 11) is 1.47. The highest BCUT2D eigenvalue weighted by atomic mass is 31.2. The molecule has 0 aromatic rings. The molecular formula is C79H143NO8P+. The zero-order valence-corrected chi connectivity index (χ0v) is 59.8. The fraction of sp³-hybridized carbons (Fsp3) is 0.772. The van der Waals surface area contributed by atoms with Crippen molar-refractivity contribution in [3.63, 3.8) is 0 Å². The summed E-state index contributed by atoms with van der Waals surface area (Å²) in [5, 5.41) is 0. The van der Waals surface area contributed by atoms with Gasteiger partial charge in [-0.05, 0) is 77.0 Å². The molecule has 516 valence electrons. The molecule has 2 unspecified atom stereocenters. The first-order valence-corrected chi connectivity index (χ1v) is 39.0. The van der Waals surface area contributed by atoms with Gasteiger partial charge in [0.25, 0.3) is 0 Å². The average Bonchev–Trinajstić information content (AvgIpc) is 3.60. The maximum atomic E-state index is 12.9. The second-order valence-electron chi connectivity index (χ2n) is 26.3. The van der Waals surface area contributed by atoms with Crippen molar-refractivity contribution in [1.82, 2.24) is 0 Å². The molecule has 0 fully saturated rings. The number of rotatable bonds is 69. The van der Waals surface area contributed by atoms with Gasteiger partial charge in [0.15, 0.2) is 6.10 Å². The molecule has 0 rings (SSSR count). The lowest BCUT2D eigenvalue weighted by molar-refractivity contribution is -0.870. The molecule has 0 aromatic carbocycles. The molecule has 0 bridgehead atoms. The summed E-state index contributed by atoms with van der Waals surface area (Å²) in [5.41, 5.74) is 0. The van der Waals surface area contributed by atoms with E-state index in [1.54, 1.807) is 0 Å². The summed E-state index contributed by atoms with van der Waals surface area (Å²) < 4.78 is 34.8. The van der Waals surface area contributed by atoms with Crippen LogP contribution in [0.25, 0.3) is 0 Å². The molecule has 1 N–H and O–H groups in total. The Bertz CT molecular complexity index is 1820. The van der Waals surface area contributed by atoms with Gasteiger partial charge in [0.1, 0.15) is 19.8 Å². The molecule has 0 aliphatic carbocycles. The summed E-state index contributed by atoms with van der Waals surface area (Å²) >= 11 is 0. The van der Waals surface area contributed by atoms with Gasteiger partial charge in [-0.3, -0.25) is 18.6 Å². The smallest absolute Gasteiger partial charge is 0.462 e. The highest BCUT2D eigenvalue weighted by Gasteiger charge is 2.27. The van der Waals surface area contributed by atoms with Gasteiger partial charge in [-0.2, -0.15) is 0 Å². The minimum Gasteiger partial charge on any atom is -0.462 e. The number of hydrogen-bond acceptors (Lipinski definition) is 7. The first-order chi connectivity index (χ1) is 43.5. The van der Waals surface area contributed by atoms with Crippen LogP contribution in [-0.4, -0.2) is 74.9 Å². The number of likely N-dealkylation sites (N-methyl/N-ethyl adjacent to an activating group) is 1. The number of quaternary nitrogens is 1. The van der Waals surface area contributed by atoms with Gasteiger partial charge in [-0.15, -0.1) is 0 Å². The zero-order valence-electron chi connectivity index (χ0n) is 58.9. The van der Waals surface area contributed by atoms with Crippen LogP contribution in [0.5, 0.6) is 0 Å². The number of hydrogen-bond donors (Lipinski definition) is 1. The topological polar surface area (TPSA) is 108 Å². The second-order valence-corrected chi connectivity index (χ2v) is 27.8. The van der Waals surface area contributed by atoms with Crippen LogP contribution < -0.4 is 0 Å². The molecule has 2 atom stereocenters. The number of unbranched alkanes of at least 4 members (excludes halogenated alkanes) is 39. The Balaban J connectivity index is 4.04. The highest BCUT2D eigenvalue weighted by Crippen LogP contribution is 2.43. The quantitative estimate of drug-likeness (QED) is 0.0211. The third kappa shape index (κ3) is 73.9. The Hall–Kier alpha value is -3.07. The van der Waals surface area contributed by atoms with Crippen LogP contribution in [0, 0.1) is 0 Å². The molecular weight excluding hydrogens is 1120 g/mol. The van der Waals surface area contributed by atoms with Crippen LogP contribution in [0.15, 0.2) is 97.2 Å². The molecule has 0 saturated heterocycles. The lowest BCUT2D eigenvalue weighted by atomic mass is 10.0. The maximum absolute atomic E-state index is 12.9. The number of carbonyl (C=O) groups excluding carboxylic acids is 2. The van der Waals surface area contributed by atoms with Crippen molar-refractivity contribution in [2.45, 2.75) is 347 Å². The summed E-state index contributed by atoms with van der Waals surface area (Å²) in [6.45, 7) is 4.35. The molecule has 0 radical (unpaired) electrons. The largest absolute Gasteiger partial charge is 0.472 e. The van der Waals surface area contributed by atoms with Gasteiger partial charge in [0.2, 0.25) is 0 Å². The predicted molar refractivity (Wildman–Crippen MR) is 385 cm³/mol. The third-order valence-corrected chi connectivity index (χ3v) is 17.4. The van der Waals surface area contributed by atoms with Crippen molar-refractivity contribution >= 4 is 19.8 Å². The van der Waals surface area contributed by atoms with E-state index in [0.29, 0.717) is 17.4 Å². The number of phosphoric ester groups is 1. The number of ether oxygens (including phenoxy) is 2. The molecule has 0 spiro atoms. The van der Waals surface area contributed by atoms with Crippen molar-refractivity contribution in [3.8, 4) is 0 Å². The number of esters is 2. The number of nitrogens with zero attached hydrogens (tertiary/aromatic N) is 1. The Labute approximate surface area is 551 Å². The fourth-order valence-electron chi connectivity index (χ4n) is 10.7. The normalized spacial score (nSPS) is 13.6. The van der Waals surface area contributed by atoms with Gasteiger partial charge in [0, 0.05) is 12.8 Å². The summed E-state index contributed by atoms with van der Waals surface area (Å²) in [6, 6.07) is 0. The first-order valence-electron chi connectivity index (χ1n) is 37.5. The van der Waals surface area contributed by atoms with Crippen LogP contribution >= 0.6 is 7.82 Å². The van der Waals surface area contributed by atoms with Crippen LogP contribution in [-0.2, 0) is 32.7 Å². The summed E-state index contributed by atoms with van der Waals surface area (Å²) in [4.78, 5) is 35.9. The van der Waals surface area contributed by atoms with Crippen LogP contribution in [0.1, 0.15) is 341 Å². The van der Waals surface area contributed by atoms with Crippen LogP contribution in [0.3, 0.4) is 0 Å². The molecule has 0 heterocycles. The fourth-order valence-corrected chi connectivity index (χ4v) is 11.4. The van der Waals surface area contributed by atoms with E-state index in [1.165, 1.54) is 212 Å². The summed E-state index contributed by atoms with van der Waals surface area (Å²) in [5.74, 6) is -0.797. The van der Waals surface area contributed by atoms with E-state index in [-0.39, 0.29) is 32.0 Å². The summed E-state index contributed by atoms with van der Waals surface area (Å²) in [6.07, 6.45) is 96.7. The molecule has 0 aromatic heterocycles. The van der Waals surface area contributed by atoms with E-state index in [0.717, 1.165) is 96.3 Å². The van der Waals surface area contributed by atoms with E-state index >= 15 is 0 Å². The Morgan fingerprint density at radius 3 is 0.955 bits per heavy atom. The van der Waals surface area contributed by atoms with Crippen molar-refractivity contribution in [2.75, 3.05) is 47.5 Å². The van der Waals surface area contributed by atoms with Gasteiger partial charge in [-0.25, -0.2) is 4.57 Å². The Kier molecular flexibility index (Phi) is 66.9. The SMILES string of the molecule is CC/C=C\C/C=C\C/C=C\C/C=C\C/C=C\C/C=C\C/C=C\C/C=C\CCCCCCCCCCC(=O)OC(COC(=O)CCCCCCCCCCCCCCCCCCCCCCCCCCCCCCCCCC)COP(=O)(O)OCC[N+](C)(C)C. The van der Waals surface area contributed by atoms with Gasteiger partial charge >= 0.3 is 19.8 Å². The predicted octanol–water partition coefficient (Wildman–Crippen LogP) is 24.7. The molecule has 0 aliphatic rings. The van der Waals surface area contributed by atoms with E-state index < -0.39 is 26.5 Å². The monoisotopic (exact) mass is 1270 g/mol. The van der Waals surface area contributed by atoms with E-state index in [9.17, 15) is 19.0 Å². The van der Waals surface area contributed by atoms with Crippen molar-refractivity contribution in [3.05, 3.63) is 97.2 Å². The third-order valence-electron chi connectivity index (χ3n) is 16.4. The zero-order chi connectivity index (χ0) is 64.8. The minimum atomic E-state index is -4.40. The molecule has 89 heavy (non-hydrogen) atoms. The Morgan fingerprint density at radius 2 is 0.640 bits per heavy atom. The Morgan fingerprint density at radius 1 is 0.360 bits per heavy atom. The first kappa shape index (κ1) is 85.9. The van der Waals surface area contributed by atoms with Gasteiger partial charge in [0.05, 0.1) is 27.7 Å².